The fraction of sp³-hybridized carbons (Fsp3) is 0.261. The number of hydrogen-bond donors (Lipinski definition) is 1. The number of aromatic nitrogens is 4. The molecule has 0 amide bonds. The smallest absolute Gasteiger partial charge is 0.196 e. The van der Waals surface area contributed by atoms with Gasteiger partial charge in [-0.3, -0.25) is 9.47 Å². The van der Waals surface area contributed by atoms with Crippen LogP contribution in [0.2, 0.25) is 0 Å². The number of nitrogens with one attached hydrogen (secondary N) is 1. The molecule has 0 aliphatic rings. The molecule has 10 heteroatoms. The van der Waals surface area contributed by atoms with Gasteiger partial charge in [0.1, 0.15) is 11.6 Å². The molecule has 4 rings (SSSR count). The van der Waals surface area contributed by atoms with Crippen LogP contribution in [0.5, 0.6) is 5.75 Å². The van der Waals surface area contributed by atoms with Crippen molar-refractivity contribution in [1.82, 2.24) is 24.6 Å². The molecule has 2 heterocycles. The van der Waals surface area contributed by atoms with Crippen LogP contribution in [-0.2, 0) is 5.75 Å². The molecule has 0 bridgehead atoms. The quantitative estimate of drug-likeness (QED) is 0.313. The number of thiazole rings is 1. The zero-order valence-electron chi connectivity index (χ0n) is 18.8. The van der Waals surface area contributed by atoms with Gasteiger partial charge in [0.2, 0.25) is 0 Å². The number of ether oxygens (including phenoxy) is 1. The van der Waals surface area contributed by atoms with E-state index in [1.54, 1.807) is 42.3 Å². The summed E-state index contributed by atoms with van der Waals surface area (Å²) < 4.78 is 20.7. The largest absolute Gasteiger partial charge is 0.497 e. The number of hydrogen-bond acceptors (Lipinski definition) is 8. The predicted molar refractivity (Wildman–Crippen MR) is 131 cm³/mol. The molecule has 0 radical (unpaired) electrons. The van der Waals surface area contributed by atoms with E-state index >= 15 is 0 Å². The number of rotatable bonds is 9. The van der Waals surface area contributed by atoms with Gasteiger partial charge >= 0.3 is 0 Å². The van der Waals surface area contributed by atoms with Gasteiger partial charge in [-0.05, 0) is 69.6 Å². The zero-order chi connectivity index (χ0) is 23.4. The third-order valence-corrected chi connectivity index (χ3v) is 6.90. The second kappa shape index (κ2) is 10.3. The Morgan fingerprint density at radius 2 is 1.85 bits per heavy atom. The second-order valence-corrected chi connectivity index (χ2v) is 9.38. The van der Waals surface area contributed by atoms with Gasteiger partial charge in [-0.25, -0.2) is 9.37 Å². The van der Waals surface area contributed by atoms with Crippen LogP contribution in [0.25, 0.3) is 5.69 Å². The van der Waals surface area contributed by atoms with Crippen LogP contribution in [0.3, 0.4) is 0 Å². The number of halogens is 1. The lowest BCUT2D eigenvalue weighted by atomic mass is 10.2. The predicted octanol–water partition coefficient (Wildman–Crippen LogP) is 5.53. The van der Waals surface area contributed by atoms with Crippen LogP contribution in [0.4, 0.5) is 15.2 Å². The van der Waals surface area contributed by atoms with E-state index in [0.717, 1.165) is 38.9 Å². The second-order valence-electron chi connectivity index (χ2n) is 7.58. The van der Waals surface area contributed by atoms with Gasteiger partial charge in [0, 0.05) is 22.5 Å². The van der Waals surface area contributed by atoms with Crippen molar-refractivity contribution in [3.05, 3.63) is 71.2 Å². The van der Waals surface area contributed by atoms with Crippen molar-refractivity contribution < 1.29 is 9.13 Å². The van der Waals surface area contributed by atoms with Crippen LogP contribution < -0.4 is 10.1 Å². The number of nitrogens with zero attached hydrogens (tertiary/aromatic N) is 5. The fourth-order valence-electron chi connectivity index (χ4n) is 3.08. The summed E-state index contributed by atoms with van der Waals surface area (Å²) in [6, 6.07) is 14.1. The Hall–Kier alpha value is -2.95. The summed E-state index contributed by atoms with van der Waals surface area (Å²) in [6.45, 7) is 2.07. The van der Waals surface area contributed by atoms with Gasteiger partial charge in [-0.2, -0.15) is 0 Å². The van der Waals surface area contributed by atoms with Crippen LogP contribution in [0.1, 0.15) is 24.5 Å². The molecule has 2 aromatic heterocycles. The third-order valence-electron chi connectivity index (χ3n) is 5.13. The molecule has 0 unspecified atom stereocenters. The first kappa shape index (κ1) is 23.2. The topological polar surface area (TPSA) is 68.1 Å². The normalized spacial score (nSPS) is 12.2. The average molecular weight is 485 g/mol. The van der Waals surface area contributed by atoms with Crippen molar-refractivity contribution in [2.24, 2.45) is 0 Å². The van der Waals surface area contributed by atoms with Crippen molar-refractivity contribution in [3.8, 4) is 11.4 Å². The highest BCUT2D eigenvalue weighted by molar-refractivity contribution is 7.98. The summed E-state index contributed by atoms with van der Waals surface area (Å²) in [6.07, 6.45) is 0. The van der Waals surface area contributed by atoms with Crippen molar-refractivity contribution >= 4 is 33.9 Å². The molecular formula is C23H25FN6OS2. The maximum atomic E-state index is 13.5. The molecule has 33 heavy (non-hydrogen) atoms. The van der Waals surface area contributed by atoms with E-state index in [1.807, 2.05) is 48.3 Å². The number of methoxy groups -OCH3 is 1. The van der Waals surface area contributed by atoms with Crippen molar-refractivity contribution in [1.29, 1.82) is 0 Å². The molecule has 4 aromatic rings. The van der Waals surface area contributed by atoms with Gasteiger partial charge < -0.3 is 10.1 Å². The average Bonchev–Trinajstić information content (AvgIpc) is 3.45. The maximum Gasteiger partial charge on any atom is 0.196 e. The number of anilines is 2. The summed E-state index contributed by atoms with van der Waals surface area (Å²) in [5.74, 6) is 1.97. The first-order valence-corrected chi connectivity index (χ1v) is 12.2. The summed E-state index contributed by atoms with van der Waals surface area (Å²) in [4.78, 5) is 6.75. The van der Waals surface area contributed by atoms with E-state index in [9.17, 15) is 4.39 Å². The first-order valence-electron chi connectivity index (χ1n) is 10.3. The Morgan fingerprint density at radius 1 is 1.12 bits per heavy atom. The van der Waals surface area contributed by atoms with E-state index < -0.39 is 0 Å². The Balaban J connectivity index is 1.50. The summed E-state index contributed by atoms with van der Waals surface area (Å²) >= 11 is 3.10. The van der Waals surface area contributed by atoms with Crippen molar-refractivity contribution in [2.45, 2.75) is 23.9 Å². The van der Waals surface area contributed by atoms with E-state index in [2.05, 4.69) is 32.3 Å². The molecule has 7 nitrogen and oxygen atoms in total. The van der Waals surface area contributed by atoms with Gasteiger partial charge in [-0.15, -0.1) is 21.5 Å². The van der Waals surface area contributed by atoms with Crippen LogP contribution in [0.15, 0.2) is 59.1 Å². The summed E-state index contributed by atoms with van der Waals surface area (Å²) in [5, 5.41) is 15.8. The number of benzene rings is 2. The van der Waals surface area contributed by atoms with Gasteiger partial charge in [0.05, 0.1) is 18.8 Å². The fourth-order valence-corrected chi connectivity index (χ4v) is 4.76. The third kappa shape index (κ3) is 5.52. The van der Waals surface area contributed by atoms with E-state index in [0.29, 0.717) is 5.75 Å². The molecule has 0 aliphatic carbocycles. The highest BCUT2D eigenvalue weighted by Crippen LogP contribution is 2.30. The van der Waals surface area contributed by atoms with E-state index in [-0.39, 0.29) is 11.9 Å². The molecule has 172 valence electrons. The monoisotopic (exact) mass is 484 g/mol. The molecule has 1 N–H and O–H groups in total. The molecular weight excluding hydrogens is 459 g/mol. The standard InChI is InChI=1S/C23H25FN6OS2/c1-15(29(2)3)21-27-28-23(30(21)19-9-5-16(24)6-10-19)33-14-18-13-32-22(26-18)25-17-7-11-20(31-4)12-8-17/h5-13,15H,14H2,1-4H3,(H,25,26)/t15-/m0/s1. The minimum atomic E-state index is -0.275. The zero-order valence-corrected chi connectivity index (χ0v) is 20.5. The maximum absolute atomic E-state index is 13.5. The molecule has 0 fully saturated rings. The lowest BCUT2D eigenvalue weighted by Crippen LogP contribution is -2.20. The van der Waals surface area contributed by atoms with E-state index in [4.69, 9.17) is 4.74 Å². The van der Waals surface area contributed by atoms with Crippen molar-refractivity contribution in [2.75, 3.05) is 26.5 Å². The lowest BCUT2D eigenvalue weighted by molar-refractivity contribution is 0.305. The van der Waals surface area contributed by atoms with Crippen LogP contribution in [-0.4, -0.2) is 45.9 Å². The molecule has 1 atom stereocenters. The van der Waals surface area contributed by atoms with Gasteiger partial charge in [0.25, 0.3) is 0 Å². The summed E-state index contributed by atoms with van der Waals surface area (Å²) in [7, 11) is 5.63. The molecule has 0 aliphatic heterocycles. The molecule has 0 spiro atoms. The van der Waals surface area contributed by atoms with Crippen LogP contribution >= 0.6 is 23.1 Å². The van der Waals surface area contributed by atoms with E-state index in [1.165, 1.54) is 12.1 Å². The molecule has 0 saturated heterocycles. The Labute approximate surface area is 200 Å². The van der Waals surface area contributed by atoms with Gasteiger partial charge in [-0.1, -0.05) is 11.8 Å². The molecule has 2 aromatic carbocycles. The highest BCUT2D eigenvalue weighted by Gasteiger charge is 2.21. The highest BCUT2D eigenvalue weighted by atomic mass is 32.2. The van der Waals surface area contributed by atoms with Gasteiger partial charge in [0.15, 0.2) is 16.1 Å². The SMILES string of the molecule is COc1ccc(Nc2nc(CSc3nnc([C@H](C)N(C)C)n3-c3ccc(F)cc3)cs2)cc1. The summed E-state index contributed by atoms with van der Waals surface area (Å²) in [5.41, 5.74) is 2.72. The molecule has 0 saturated carbocycles. The first-order chi connectivity index (χ1) is 15.9. The Morgan fingerprint density at radius 3 is 2.52 bits per heavy atom. The number of thioether (sulfide) groups is 1. The van der Waals surface area contributed by atoms with Crippen molar-refractivity contribution in [3.63, 3.8) is 0 Å². The minimum Gasteiger partial charge on any atom is -0.497 e. The lowest BCUT2D eigenvalue weighted by Gasteiger charge is -2.20. The van der Waals surface area contributed by atoms with Crippen LogP contribution in [0, 0.1) is 5.82 Å². The Bertz CT molecular complexity index is 1190. The minimum absolute atomic E-state index is 0.0384. The Kier molecular flexibility index (Phi) is 7.26.